The summed E-state index contributed by atoms with van der Waals surface area (Å²) in [5, 5.41) is 2.96. The van der Waals surface area contributed by atoms with Crippen LogP contribution >= 0.6 is 0 Å². The van der Waals surface area contributed by atoms with Gasteiger partial charge < -0.3 is 5.32 Å². The van der Waals surface area contributed by atoms with Gasteiger partial charge in [0.1, 0.15) is 0 Å². The number of carbonyl (C=O) groups is 1. The number of nitrogens with one attached hydrogen (secondary N) is 1. The van der Waals surface area contributed by atoms with E-state index < -0.39 is 0 Å². The summed E-state index contributed by atoms with van der Waals surface area (Å²) in [6.07, 6.45) is 6.76. The van der Waals surface area contributed by atoms with E-state index in [1.807, 2.05) is 12.1 Å². The molecule has 0 aliphatic heterocycles. The van der Waals surface area contributed by atoms with Crippen molar-refractivity contribution in [2.75, 3.05) is 0 Å². The molecule has 1 unspecified atom stereocenters. The van der Waals surface area contributed by atoms with Crippen molar-refractivity contribution in [3.8, 4) is 0 Å². The van der Waals surface area contributed by atoms with Gasteiger partial charge in [-0.1, -0.05) is 19.8 Å². The molecule has 1 aromatic heterocycles. The number of amides is 1. The van der Waals surface area contributed by atoms with E-state index in [0.29, 0.717) is 0 Å². The number of hydrogen-bond donors (Lipinski definition) is 1. The van der Waals surface area contributed by atoms with Gasteiger partial charge in [0.2, 0.25) is 5.91 Å². The van der Waals surface area contributed by atoms with Gasteiger partial charge in [-0.3, -0.25) is 9.78 Å². The average molecular weight is 206 g/mol. The molecule has 82 valence electrons. The normalized spacial score (nSPS) is 12.1. The van der Waals surface area contributed by atoms with Crippen LogP contribution in [0.3, 0.4) is 0 Å². The topological polar surface area (TPSA) is 42.0 Å². The maximum atomic E-state index is 11.1. The maximum Gasteiger partial charge on any atom is 0.217 e. The van der Waals surface area contributed by atoms with Gasteiger partial charge in [-0.15, -0.1) is 0 Å². The van der Waals surface area contributed by atoms with Crippen LogP contribution in [0.5, 0.6) is 0 Å². The molecule has 0 aliphatic rings. The molecule has 3 nitrogen and oxygen atoms in total. The molecule has 0 radical (unpaired) electrons. The smallest absolute Gasteiger partial charge is 0.217 e. The van der Waals surface area contributed by atoms with E-state index in [9.17, 15) is 4.79 Å². The Morgan fingerprint density at radius 3 is 2.67 bits per heavy atom. The molecule has 0 aliphatic carbocycles. The molecule has 1 aromatic rings. The van der Waals surface area contributed by atoms with Gasteiger partial charge in [-0.25, -0.2) is 0 Å². The second-order valence-corrected chi connectivity index (χ2v) is 3.68. The van der Waals surface area contributed by atoms with E-state index in [4.69, 9.17) is 0 Å². The molecule has 0 fully saturated rings. The lowest BCUT2D eigenvalue weighted by Crippen LogP contribution is -2.25. The second-order valence-electron chi connectivity index (χ2n) is 3.68. The summed E-state index contributed by atoms with van der Waals surface area (Å²) in [5.74, 6) is 0.0212. The lowest BCUT2D eigenvalue weighted by Gasteiger charge is -2.17. The molecule has 0 spiro atoms. The van der Waals surface area contributed by atoms with E-state index in [0.717, 1.165) is 24.8 Å². The van der Waals surface area contributed by atoms with Crippen LogP contribution in [0.1, 0.15) is 44.7 Å². The Hall–Kier alpha value is -1.38. The number of hydrogen-bond acceptors (Lipinski definition) is 2. The van der Waals surface area contributed by atoms with Gasteiger partial charge in [-0.05, 0) is 24.1 Å². The predicted molar refractivity (Wildman–Crippen MR) is 60.3 cm³/mol. The van der Waals surface area contributed by atoms with Crippen molar-refractivity contribution >= 4 is 5.91 Å². The lowest BCUT2D eigenvalue weighted by molar-refractivity contribution is -0.119. The fourth-order valence-electron chi connectivity index (χ4n) is 1.57. The molecule has 1 N–H and O–H groups in total. The highest BCUT2D eigenvalue weighted by atomic mass is 16.1. The minimum Gasteiger partial charge on any atom is -0.350 e. The minimum atomic E-state index is 0.0212. The van der Waals surface area contributed by atoms with Gasteiger partial charge in [0, 0.05) is 19.3 Å². The van der Waals surface area contributed by atoms with Crippen molar-refractivity contribution in [2.24, 2.45) is 0 Å². The SMILES string of the molecule is CCCCC(NC(C)=O)c1ccncc1. The standard InChI is InChI=1S/C12H18N2O/c1-3-4-5-12(14-10(2)15)11-6-8-13-9-7-11/h6-9,12H,3-5H2,1-2H3,(H,14,15). The largest absolute Gasteiger partial charge is 0.350 e. The first-order valence-electron chi connectivity index (χ1n) is 5.41. The first kappa shape index (κ1) is 11.7. The average Bonchev–Trinajstić information content (AvgIpc) is 2.25. The van der Waals surface area contributed by atoms with Gasteiger partial charge in [0.25, 0.3) is 0 Å². The molecule has 1 rings (SSSR count). The summed E-state index contributed by atoms with van der Waals surface area (Å²) in [4.78, 5) is 15.0. The third-order valence-electron chi connectivity index (χ3n) is 2.33. The number of nitrogens with zero attached hydrogens (tertiary/aromatic N) is 1. The van der Waals surface area contributed by atoms with Gasteiger partial charge in [0.15, 0.2) is 0 Å². The van der Waals surface area contributed by atoms with Crippen molar-refractivity contribution in [3.63, 3.8) is 0 Å². The summed E-state index contributed by atoms with van der Waals surface area (Å²) in [6, 6.07) is 4.04. The number of carbonyl (C=O) groups excluding carboxylic acids is 1. The first-order valence-corrected chi connectivity index (χ1v) is 5.41. The number of aromatic nitrogens is 1. The van der Waals surface area contributed by atoms with Gasteiger partial charge in [0.05, 0.1) is 6.04 Å². The summed E-state index contributed by atoms with van der Waals surface area (Å²) in [6.45, 7) is 3.71. The van der Waals surface area contributed by atoms with Crippen molar-refractivity contribution in [1.82, 2.24) is 10.3 Å². The third-order valence-corrected chi connectivity index (χ3v) is 2.33. The van der Waals surface area contributed by atoms with Gasteiger partial charge >= 0.3 is 0 Å². The highest BCUT2D eigenvalue weighted by Crippen LogP contribution is 2.18. The Morgan fingerprint density at radius 1 is 1.47 bits per heavy atom. The first-order chi connectivity index (χ1) is 7.24. The molecule has 15 heavy (non-hydrogen) atoms. The number of rotatable bonds is 5. The lowest BCUT2D eigenvalue weighted by atomic mass is 10.0. The Kier molecular flexibility index (Phi) is 4.81. The van der Waals surface area contributed by atoms with E-state index in [1.54, 1.807) is 19.3 Å². The van der Waals surface area contributed by atoms with Crippen LogP contribution in [-0.2, 0) is 4.79 Å². The maximum absolute atomic E-state index is 11.1. The van der Waals surface area contributed by atoms with Crippen LogP contribution in [-0.4, -0.2) is 10.9 Å². The molecule has 0 bridgehead atoms. The van der Waals surface area contributed by atoms with Crippen molar-refractivity contribution in [1.29, 1.82) is 0 Å². The van der Waals surface area contributed by atoms with Crippen molar-refractivity contribution in [2.45, 2.75) is 39.2 Å². The van der Waals surface area contributed by atoms with Crippen LogP contribution in [0.4, 0.5) is 0 Å². The van der Waals surface area contributed by atoms with Crippen molar-refractivity contribution < 1.29 is 4.79 Å². The quantitative estimate of drug-likeness (QED) is 0.804. The predicted octanol–water partition coefficient (Wildman–Crippen LogP) is 2.45. The molecule has 1 amide bonds. The molecule has 0 aromatic carbocycles. The van der Waals surface area contributed by atoms with Crippen LogP contribution in [0.2, 0.25) is 0 Å². The van der Waals surface area contributed by atoms with Crippen LogP contribution in [0, 0.1) is 0 Å². The van der Waals surface area contributed by atoms with Crippen LogP contribution in [0.15, 0.2) is 24.5 Å². The highest BCUT2D eigenvalue weighted by molar-refractivity contribution is 5.73. The zero-order valence-electron chi connectivity index (χ0n) is 9.36. The molecule has 0 saturated carbocycles. The fraction of sp³-hybridized carbons (Fsp3) is 0.500. The molecule has 0 saturated heterocycles. The second kappa shape index (κ2) is 6.17. The van der Waals surface area contributed by atoms with E-state index in [-0.39, 0.29) is 11.9 Å². The summed E-state index contributed by atoms with van der Waals surface area (Å²) >= 11 is 0. The fourth-order valence-corrected chi connectivity index (χ4v) is 1.57. The van der Waals surface area contributed by atoms with Crippen LogP contribution < -0.4 is 5.32 Å². The molecular formula is C12H18N2O. The Labute approximate surface area is 90.9 Å². The molecular weight excluding hydrogens is 188 g/mol. The highest BCUT2D eigenvalue weighted by Gasteiger charge is 2.11. The summed E-state index contributed by atoms with van der Waals surface area (Å²) in [7, 11) is 0. The number of unbranched alkanes of at least 4 members (excludes halogenated alkanes) is 1. The Balaban J connectivity index is 2.67. The summed E-state index contributed by atoms with van der Waals surface area (Å²) in [5.41, 5.74) is 1.13. The number of pyridine rings is 1. The zero-order chi connectivity index (χ0) is 11.1. The van der Waals surface area contributed by atoms with E-state index in [1.165, 1.54) is 0 Å². The van der Waals surface area contributed by atoms with Gasteiger partial charge in [-0.2, -0.15) is 0 Å². The Morgan fingerprint density at radius 2 is 2.13 bits per heavy atom. The third kappa shape index (κ3) is 4.11. The van der Waals surface area contributed by atoms with Crippen molar-refractivity contribution in [3.05, 3.63) is 30.1 Å². The molecule has 1 atom stereocenters. The molecule has 1 heterocycles. The van der Waals surface area contributed by atoms with E-state index in [2.05, 4.69) is 17.2 Å². The summed E-state index contributed by atoms with van der Waals surface area (Å²) < 4.78 is 0. The zero-order valence-corrected chi connectivity index (χ0v) is 9.36. The Bertz CT molecular complexity index is 298. The monoisotopic (exact) mass is 206 g/mol. The van der Waals surface area contributed by atoms with E-state index >= 15 is 0 Å². The van der Waals surface area contributed by atoms with Crippen LogP contribution in [0.25, 0.3) is 0 Å². The minimum absolute atomic E-state index is 0.0212. The molecule has 3 heteroatoms.